The maximum atomic E-state index is 3.92. The van der Waals surface area contributed by atoms with Crippen molar-refractivity contribution in [1.82, 2.24) is 4.98 Å². The second-order valence-electron chi connectivity index (χ2n) is 1.45. The first-order valence-electron chi connectivity index (χ1n) is 2.31. The molecule has 0 bridgehead atoms. The monoisotopic (exact) mass is 298 g/mol. The van der Waals surface area contributed by atoms with E-state index < -0.39 is 0 Å². The van der Waals surface area contributed by atoms with Gasteiger partial charge in [-0.3, -0.25) is 4.98 Å². The first-order chi connectivity index (χ1) is 4.34. The standard InChI is InChI=1S/C5H4BrIN2/c6-9-5-1-2-8-3-4(5)7/h1-3H,(H,8,9). The molecule has 0 aromatic carbocycles. The third-order valence-corrected chi connectivity index (χ3v) is 2.16. The molecule has 1 heterocycles. The minimum Gasteiger partial charge on any atom is -0.321 e. The lowest BCUT2D eigenvalue weighted by Gasteiger charge is -1.97. The number of halogens is 2. The van der Waals surface area contributed by atoms with E-state index in [4.69, 9.17) is 0 Å². The summed E-state index contributed by atoms with van der Waals surface area (Å²) in [4.78, 5) is 3.92. The quantitative estimate of drug-likeness (QED) is 0.636. The zero-order valence-electron chi connectivity index (χ0n) is 4.44. The van der Waals surface area contributed by atoms with Crippen LogP contribution in [0, 0.1) is 3.57 Å². The molecule has 4 heteroatoms. The highest BCUT2D eigenvalue weighted by Crippen LogP contribution is 2.16. The van der Waals surface area contributed by atoms with E-state index in [0.717, 1.165) is 9.26 Å². The molecule has 0 saturated carbocycles. The Kier molecular flexibility index (Phi) is 2.71. The molecule has 0 atom stereocenters. The lowest BCUT2D eigenvalue weighted by atomic mass is 10.4. The highest BCUT2D eigenvalue weighted by molar-refractivity contribution is 14.1. The second kappa shape index (κ2) is 3.36. The minimum atomic E-state index is 1.05. The topological polar surface area (TPSA) is 24.9 Å². The summed E-state index contributed by atoms with van der Waals surface area (Å²) in [6.45, 7) is 0. The molecule has 0 radical (unpaired) electrons. The van der Waals surface area contributed by atoms with E-state index in [2.05, 4.69) is 48.1 Å². The van der Waals surface area contributed by atoms with Crippen LogP contribution in [-0.4, -0.2) is 4.98 Å². The van der Waals surface area contributed by atoms with Crippen LogP contribution in [0.4, 0.5) is 5.69 Å². The normalized spacial score (nSPS) is 9.11. The lowest BCUT2D eigenvalue weighted by Crippen LogP contribution is -1.83. The van der Waals surface area contributed by atoms with Crippen LogP contribution in [0.15, 0.2) is 18.5 Å². The minimum absolute atomic E-state index is 1.05. The molecule has 1 rings (SSSR count). The number of rotatable bonds is 1. The third-order valence-electron chi connectivity index (χ3n) is 0.874. The predicted molar refractivity (Wildman–Crippen MR) is 49.5 cm³/mol. The Labute approximate surface area is 75.5 Å². The van der Waals surface area contributed by atoms with E-state index in [1.54, 1.807) is 12.4 Å². The molecule has 0 fully saturated rings. The molecular weight excluding hydrogens is 295 g/mol. The van der Waals surface area contributed by atoms with Gasteiger partial charge in [0.2, 0.25) is 0 Å². The van der Waals surface area contributed by atoms with Crippen molar-refractivity contribution in [2.24, 2.45) is 0 Å². The summed E-state index contributed by atoms with van der Waals surface area (Å²) < 4.78 is 3.96. The van der Waals surface area contributed by atoms with Gasteiger partial charge in [0, 0.05) is 28.5 Å². The molecule has 0 saturated heterocycles. The fourth-order valence-electron chi connectivity index (χ4n) is 0.452. The summed E-state index contributed by atoms with van der Waals surface area (Å²) in [6, 6.07) is 1.90. The van der Waals surface area contributed by atoms with Crippen molar-refractivity contribution >= 4 is 44.4 Å². The highest BCUT2D eigenvalue weighted by atomic mass is 127. The molecule has 0 aliphatic carbocycles. The maximum Gasteiger partial charge on any atom is 0.0606 e. The Morgan fingerprint density at radius 3 is 2.89 bits per heavy atom. The Balaban J connectivity index is 3.01. The van der Waals surface area contributed by atoms with Crippen molar-refractivity contribution in [2.75, 3.05) is 4.34 Å². The third kappa shape index (κ3) is 1.79. The van der Waals surface area contributed by atoms with E-state index in [9.17, 15) is 0 Å². The molecule has 0 unspecified atom stereocenters. The molecule has 9 heavy (non-hydrogen) atoms. The Morgan fingerprint density at radius 2 is 2.44 bits per heavy atom. The van der Waals surface area contributed by atoms with Gasteiger partial charge in [0.1, 0.15) is 0 Å². The average Bonchev–Trinajstić information content (AvgIpc) is 1.89. The summed E-state index contributed by atoms with van der Waals surface area (Å²) in [5.74, 6) is 0. The Bertz CT molecular complexity index is 204. The maximum absolute atomic E-state index is 3.92. The fourth-order valence-corrected chi connectivity index (χ4v) is 1.64. The number of aromatic nitrogens is 1. The van der Waals surface area contributed by atoms with Gasteiger partial charge in [0.05, 0.1) is 9.26 Å². The Morgan fingerprint density at radius 1 is 1.67 bits per heavy atom. The van der Waals surface area contributed by atoms with E-state index in [-0.39, 0.29) is 0 Å². The highest BCUT2D eigenvalue weighted by Gasteiger charge is 1.92. The van der Waals surface area contributed by atoms with Crippen LogP contribution < -0.4 is 4.34 Å². The van der Waals surface area contributed by atoms with Crippen LogP contribution in [0.3, 0.4) is 0 Å². The summed E-state index contributed by atoms with van der Waals surface area (Å²) in [6.07, 6.45) is 3.54. The molecule has 0 amide bonds. The second-order valence-corrected chi connectivity index (χ2v) is 3.01. The first-order valence-corrected chi connectivity index (χ1v) is 4.18. The SMILES string of the molecule is BrNc1ccncc1I. The predicted octanol–water partition coefficient (Wildman–Crippen LogP) is 2.41. The van der Waals surface area contributed by atoms with Gasteiger partial charge in [-0.15, -0.1) is 0 Å². The summed E-state index contributed by atoms with van der Waals surface area (Å²) >= 11 is 5.33. The van der Waals surface area contributed by atoms with Crippen LogP contribution in [0.5, 0.6) is 0 Å². The van der Waals surface area contributed by atoms with Gasteiger partial charge in [0.25, 0.3) is 0 Å². The summed E-state index contributed by atoms with van der Waals surface area (Å²) in [5, 5.41) is 0. The molecular formula is C5H4BrIN2. The Hall–Kier alpha value is 0.160. The van der Waals surface area contributed by atoms with E-state index in [1.807, 2.05) is 6.07 Å². The van der Waals surface area contributed by atoms with Crippen molar-refractivity contribution in [2.45, 2.75) is 0 Å². The first kappa shape index (κ1) is 7.27. The molecule has 48 valence electrons. The van der Waals surface area contributed by atoms with E-state index in [1.165, 1.54) is 0 Å². The van der Waals surface area contributed by atoms with Crippen LogP contribution in [0.25, 0.3) is 0 Å². The van der Waals surface area contributed by atoms with Gasteiger partial charge in [0.15, 0.2) is 0 Å². The van der Waals surface area contributed by atoms with Crippen LogP contribution in [0.1, 0.15) is 0 Å². The van der Waals surface area contributed by atoms with Crippen LogP contribution >= 0.6 is 38.7 Å². The van der Waals surface area contributed by atoms with Gasteiger partial charge >= 0.3 is 0 Å². The largest absolute Gasteiger partial charge is 0.321 e. The van der Waals surface area contributed by atoms with Gasteiger partial charge < -0.3 is 4.34 Å². The van der Waals surface area contributed by atoms with Gasteiger partial charge in [-0.2, -0.15) is 0 Å². The summed E-state index contributed by atoms with van der Waals surface area (Å²) in [7, 11) is 0. The number of nitrogens with zero attached hydrogens (tertiary/aromatic N) is 1. The van der Waals surface area contributed by atoms with Crippen LogP contribution in [-0.2, 0) is 0 Å². The number of nitrogens with one attached hydrogen (secondary N) is 1. The average molecular weight is 299 g/mol. The fraction of sp³-hybridized carbons (Fsp3) is 0. The van der Waals surface area contributed by atoms with Crippen molar-refractivity contribution in [3.63, 3.8) is 0 Å². The molecule has 1 aromatic heterocycles. The van der Waals surface area contributed by atoms with Crippen molar-refractivity contribution in [3.05, 3.63) is 22.0 Å². The number of anilines is 1. The zero-order chi connectivity index (χ0) is 6.69. The molecule has 2 nitrogen and oxygen atoms in total. The van der Waals surface area contributed by atoms with Gasteiger partial charge in [-0.1, -0.05) is 0 Å². The number of hydrogen-bond acceptors (Lipinski definition) is 2. The van der Waals surface area contributed by atoms with Gasteiger partial charge in [-0.25, -0.2) is 0 Å². The molecule has 0 aliphatic heterocycles. The lowest BCUT2D eigenvalue weighted by molar-refractivity contribution is 1.31. The van der Waals surface area contributed by atoms with Crippen LogP contribution in [0.2, 0.25) is 0 Å². The van der Waals surface area contributed by atoms with E-state index >= 15 is 0 Å². The molecule has 1 aromatic rings. The zero-order valence-corrected chi connectivity index (χ0v) is 8.18. The molecule has 0 aliphatic rings. The van der Waals surface area contributed by atoms with Gasteiger partial charge in [-0.05, 0) is 28.7 Å². The van der Waals surface area contributed by atoms with Crippen molar-refractivity contribution in [3.8, 4) is 0 Å². The number of pyridine rings is 1. The van der Waals surface area contributed by atoms with Crippen molar-refractivity contribution in [1.29, 1.82) is 0 Å². The molecule has 0 spiro atoms. The van der Waals surface area contributed by atoms with E-state index in [0.29, 0.717) is 0 Å². The molecule has 1 N–H and O–H groups in total. The van der Waals surface area contributed by atoms with Crippen molar-refractivity contribution < 1.29 is 0 Å². The summed E-state index contributed by atoms with van der Waals surface area (Å²) in [5.41, 5.74) is 1.05. The number of hydrogen-bond donors (Lipinski definition) is 1. The smallest absolute Gasteiger partial charge is 0.0606 e.